The molecule has 0 radical (unpaired) electrons. The van der Waals surface area contributed by atoms with E-state index in [0.717, 1.165) is 52.0 Å². The number of para-hydroxylation sites is 2. The third-order valence-corrected chi connectivity index (χ3v) is 12.2. The fraction of sp³-hybridized carbons (Fsp3) is 0.154. The fourth-order valence-corrected chi connectivity index (χ4v) is 9.09. The maximum Gasteiger partial charge on any atom is 0.247 e. The number of nitrogens with zero attached hydrogens (tertiary/aromatic N) is 3. The summed E-state index contributed by atoms with van der Waals surface area (Å²) in [6.45, 7) is 6.99. The third-order valence-electron chi connectivity index (χ3n) is 12.2. The molecule has 10 rings (SSSR count). The van der Waals surface area contributed by atoms with Crippen molar-refractivity contribution in [1.82, 2.24) is 9.97 Å². The quantitative estimate of drug-likeness (QED) is 0.156. The standard InChI is InChI=1S/C52H43N3O/c1-4-33(2)50-47(42-21-11-9-19-40(42)32-39-31-28-37-18-8-10-20-41(37)34(39)3)43-22-12-14-24-45(43)55(50)51-48(38-29-26-36(27-30-38)35-16-6-5-7-17-35)54-52-49(53-51)44-23-13-15-25-46(44)56-52/h5-31,33,47,50H,4,32H2,1-3H3. The van der Waals surface area contributed by atoms with Crippen LogP contribution in [0.25, 0.3) is 55.4 Å². The summed E-state index contributed by atoms with van der Waals surface area (Å²) >= 11 is 0. The van der Waals surface area contributed by atoms with Crippen LogP contribution >= 0.6 is 0 Å². The van der Waals surface area contributed by atoms with Crippen molar-refractivity contribution in [2.24, 2.45) is 5.92 Å². The van der Waals surface area contributed by atoms with Crippen molar-refractivity contribution < 1.29 is 4.42 Å². The molecule has 7 aromatic carbocycles. The number of fused-ring (bicyclic) bond motifs is 5. The normalized spacial score (nSPS) is 15.8. The lowest BCUT2D eigenvalue weighted by molar-refractivity contribution is 0.419. The van der Waals surface area contributed by atoms with Gasteiger partial charge in [0.05, 0.1) is 0 Å². The van der Waals surface area contributed by atoms with E-state index in [0.29, 0.717) is 11.6 Å². The summed E-state index contributed by atoms with van der Waals surface area (Å²) in [5, 5.41) is 3.58. The van der Waals surface area contributed by atoms with Gasteiger partial charge in [0.1, 0.15) is 16.8 Å². The summed E-state index contributed by atoms with van der Waals surface area (Å²) in [6.07, 6.45) is 1.88. The number of hydrogen-bond acceptors (Lipinski definition) is 4. The van der Waals surface area contributed by atoms with Gasteiger partial charge in [-0.15, -0.1) is 0 Å². The zero-order valence-electron chi connectivity index (χ0n) is 32.0. The van der Waals surface area contributed by atoms with Crippen molar-refractivity contribution in [2.75, 3.05) is 4.90 Å². The second kappa shape index (κ2) is 14.0. The van der Waals surface area contributed by atoms with Gasteiger partial charge < -0.3 is 9.32 Å². The second-order valence-electron chi connectivity index (χ2n) is 15.3. The van der Waals surface area contributed by atoms with Crippen molar-refractivity contribution in [2.45, 2.75) is 45.6 Å². The Labute approximate surface area is 328 Å². The molecule has 0 spiro atoms. The molecule has 1 aliphatic rings. The summed E-state index contributed by atoms with van der Waals surface area (Å²) in [4.78, 5) is 13.5. The van der Waals surface area contributed by atoms with Crippen molar-refractivity contribution in [3.8, 4) is 22.4 Å². The Hall–Kier alpha value is -6.52. The first-order chi connectivity index (χ1) is 27.6. The Kier molecular flexibility index (Phi) is 8.48. The minimum Gasteiger partial charge on any atom is -0.436 e. The van der Waals surface area contributed by atoms with Gasteiger partial charge in [0, 0.05) is 28.6 Å². The van der Waals surface area contributed by atoms with Crippen LogP contribution in [0, 0.1) is 12.8 Å². The smallest absolute Gasteiger partial charge is 0.247 e. The molecular weight excluding hydrogens is 683 g/mol. The fourth-order valence-electron chi connectivity index (χ4n) is 9.09. The van der Waals surface area contributed by atoms with Gasteiger partial charge in [-0.1, -0.05) is 166 Å². The zero-order chi connectivity index (χ0) is 37.8. The average Bonchev–Trinajstić information content (AvgIpc) is 3.80. The van der Waals surface area contributed by atoms with Crippen LogP contribution < -0.4 is 4.90 Å². The molecule has 4 nitrogen and oxygen atoms in total. The molecule has 3 atom stereocenters. The van der Waals surface area contributed by atoms with Crippen LogP contribution in [0.3, 0.4) is 0 Å². The molecule has 0 saturated carbocycles. The molecule has 3 heterocycles. The molecule has 56 heavy (non-hydrogen) atoms. The summed E-state index contributed by atoms with van der Waals surface area (Å²) in [6, 6.07) is 58.9. The number of furan rings is 1. The summed E-state index contributed by atoms with van der Waals surface area (Å²) in [5.74, 6) is 1.30. The lowest BCUT2D eigenvalue weighted by Gasteiger charge is -2.35. The number of aromatic nitrogens is 2. The largest absolute Gasteiger partial charge is 0.436 e. The number of aryl methyl sites for hydroxylation is 1. The molecule has 272 valence electrons. The Bertz CT molecular complexity index is 2870. The molecular formula is C52H43N3O. The molecule has 1 aliphatic heterocycles. The maximum absolute atomic E-state index is 6.40. The summed E-state index contributed by atoms with van der Waals surface area (Å²) < 4.78 is 6.40. The average molecular weight is 726 g/mol. The van der Waals surface area contributed by atoms with E-state index < -0.39 is 0 Å². The molecule has 9 aromatic rings. The van der Waals surface area contributed by atoms with E-state index >= 15 is 0 Å². The van der Waals surface area contributed by atoms with Gasteiger partial charge in [-0.25, -0.2) is 9.97 Å². The van der Waals surface area contributed by atoms with E-state index in [1.54, 1.807) is 0 Å². The van der Waals surface area contributed by atoms with E-state index in [1.807, 2.05) is 18.2 Å². The van der Waals surface area contributed by atoms with Crippen LogP contribution in [-0.4, -0.2) is 16.0 Å². The molecule has 0 bridgehead atoms. The minimum absolute atomic E-state index is 0.0866. The predicted molar refractivity (Wildman–Crippen MR) is 232 cm³/mol. The van der Waals surface area contributed by atoms with Gasteiger partial charge in [0.25, 0.3) is 0 Å². The summed E-state index contributed by atoms with van der Waals surface area (Å²) in [5.41, 5.74) is 14.3. The highest BCUT2D eigenvalue weighted by Crippen LogP contribution is 2.53. The van der Waals surface area contributed by atoms with Crippen molar-refractivity contribution in [1.29, 1.82) is 0 Å². The van der Waals surface area contributed by atoms with Crippen molar-refractivity contribution in [3.05, 3.63) is 192 Å². The highest BCUT2D eigenvalue weighted by molar-refractivity contribution is 6.03. The van der Waals surface area contributed by atoms with Crippen molar-refractivity contribution in [3.63, 3.8) is 0 Å². The maximum atomic E-state index is 6.40. The first-order valence-corrected chi connectivity index (χ1v) is 19.9. The first-order valence-electron chi connectivity index (χ1n) is 19.9. The lowest BCUT2D eigenvalue weighted by atomic mass is 9.78. The third kappa shape index (κ3) is 5.67. The molecule has 0 N–H and O–H groups in total. The minimum atomic E-state index is 0.0866. The van der Waals surface area contributed by atoms with Gasteiger partial charge in [0.15, 0.2) is 5.82 Å². The van der Waals surface area contributed by atoms with Crippen LogP contribution in [0.5, 0.6) is 0 Å². The van der Waals surface area contributed by atoms with Crippen LogP contribution in [0.1, 0.15) is 54.0 Å². The highest BCUT2D eigenvalue weighted by Gasteiger charge is 2.45. The Balaban J connectivity index is 1.16. The van der Waals surface area contributed by atoms with E-state index in [1.165, 1.54) is 49.8 Å². The molecule has 0 aliphatic carbocycles. The topological polar surface area (TPSA) is 42.2 Å². The van der Waals surface area contributed by atoms with Crippen LogP contribution in [-0.2, 0) is 6.42 Å². The van der Waals surface area contributed by atoms with Crippen molar-refractivity contribution >= 4 is 44.5 Å². The van der Waals surface area contributed by atoms with Gasteiger partial charge in [0.2, 0.25) is 5.71 Å². The van der Waals surface area contributed by atoms with E-state index in [4.69, 9.17) is 14.4 Å². The lowest BCUT2D eigenvalue weighted by Crippen LogP contribution is -2.37. The first kappa shape index (κ1) is 34.0. The highest BCUT2D eigenvalue weighted by atomic mass is 16.3. The molecule has 3 unspecified atom stereocenters. The van der Waals surface area contributed by atoms with E-state index in [2.05, 4.69) is 171 Å². The number of benzene rings is 7. The van der Waals surface area contributed by atoms with Crippen LogP contribution in [0.15, 0.2) is 168 Å². The molecule has 0 fully saturated rings. The molecule has 4 heteroatoms. The second-order valence-corrected chi connectivity index (χ2v) is 15.3. The van der Waals surface area contributed by atoms with E-state index in [9.17, 15) is 0 Å². The monoisotopic (exact) mass is 725 g/mol. The summed E-state index contributed by atoms with van der Waals surface area (Å²) in [7, 11) is 0. The molecule has 0 amide bonds. The van der Waals surface area contributed by atoms with E-state index in [-0.39, 0.29) is 12.0 Å². The Morgan fingerprint density at radius 3 is 2.09 bits per heavy atom. The zero-order valence-corrected chi connectivity index (χ0v) is 32.0. The van der Waals surface area contributed by atoms with Gasteiger partial charge in [-0.05, 0) is 87.2 Å². The SMILES string of the molecule is CCC(C)C1C(c2ccccc2Cc2ccc3ccccc3c2C)c2ccccc2N1c1nc2c(nc1-c1ccc(-c3ccccc3)cc1)oc1ccccc12. The number of anilines is 2. The Morgan fingerprint density at radius 1 is 0.607 bits per heavy atom. The van der Waals surface area contributed by atoms with Gasteiger partial charge >= 0.3 is 0 Å². The molecule has 0 saturated heterocycles. The number of rotatable bonds is 8. The predicted octanol–water partition coefficient (Wildman–Crippen LogP) is 13.5. The van der Waals surface area contributed by atoms with Gasteiger partial charge in [-0.3, -0.25) is 0 Å². The number of hydrogen-bond donors (Lipinski definition) is 0. The van der Waals surface area contributed by atoms with Crippen LogP contribution in [0.2, 0.25) is 0 Å². The molecule has 2 aromatic heterocycles. The van der Waals surface area contributed by atoms with Gasteiger partial charge in [-0.2, -0.15) is 0 Å². The van der Waals surface area contributed by atoms with Crippen LogP contribution in [0.4, 0.5) is 11.5 Å². The Morgan fingerprint density at radius 2 is 1.27 bits per heavy atom.